The molecule has 355 valence electrons. The van der Waals surface area contributed by atoms with Crippen LogP contribution in [-0.4, -0.2) is 550 Å². The summed E-state index contributed by atoms with van der Waals surface area (Å²) in [6, 6.07) is 26.7. The summed E-state index contributed by atoms with van der Waals surface area (Å²) < 4.78 is 6.98. The molecule has 5 aromatic rings. The molecular formula is C23H14B77BrNO. The van der Waals surface area contributed by atoms with Gasteiger partial charge >= 0.3 is 0 Å². The molecule has 80 heteroatoms. The van der Waals surface area contributed by atoms with E-state index in [0.717, 1.165) is 55.9 Å². The number of hydrogen-bond donors (Lipinski definition) is 0. The molecule has 5 rings (SSSR count). The summed E-state index contributed by atoms with van der Waals surface area (Å²) in [7, 11) is 267. The summed E-state index contributed by atoms with van der Waals surface area (Å²) in [6.45, 7) is 0. The molecule has 103 heavy (non-hydrogen) atoms. The number of fused-ring (bicyclic) bond motifs is 3. The van der Waals surface area contributed by atoms with E-state index in [9.17, 15) is 0 Å². The fourth-order valence-corrected chi connectivity index (χ4v) is 17.4. The molecule has 79 radical (unpaired) electrons. The van der Waals surface area contributed by atoms with E-state index in [1.807, 2.05) is 48.7 Å². The highest BCUT2D eigenvalue weighted by Crippen LogP contribution is 2.34. The number of hydrogen-bond acceptors (Lipinski definition) is 2. The Bertz CT molecular complexity index is 3030. The van der Waals surface area contributed by atoms with Crippen LogP contribution in [0.3, 0.4) is 0 Å². The quantitative estimate of drug-likeness (QED) is 0.0367. The normalized spacial score (nSPS) is 10.1. The summed E-state index contributed by atoms with van der Waals surface area (Å²) in [5.74, 6) is 0. The van der Waals surface area contributed by atoms with Gasteiger partial charge in [0.1, 0.15) is 11.2 Å². The molecule has 2 aromatic heterocycles. The number of benzene rings is 3. The maximum atomic E-state index is 6.88. The third-order valence-electron chi connectivity index (χ3n) is 20.8. The van der Waals surface area contributed by atoms with E-state index in [2.05, 4.69) is 57.3 Å². The van der Waals surface area contributed by atoms with Gasteiger partial charge in [-0.3, -0.25) is 4.98 Å². The first-order valence-corrected chi connectivity index (χ1v) is 34.5. The Balaban J connectivity index is 0.000000702. The van der Waals surface area contributed by atoms with Gasteiger partial charge in [-0.1, -0.05) is 58.4 Å². The average Bonchev–Trinajstić information content (AvgIpc) is 1.25. The van der Waals surface area contributed by atoms with Crippen molar-refractivity contribution in [2.75, 3.05) is 0 Å². The van der Waals surface area contributed by atoms with Crippen LogP contribution in [0.1, 0.15) is 0 Å². The summed E-state index contributed by atoms with van der Waals surface area (Å²) in [6.07, 6.45) is -58.2. The van der Waals surface area contributed by atoms with Gasteiger partial charge in [-0.25, -0.2) is 0 Å². The van der Waals surface area contributed by atoms with Crippen LogP contribution in [0.25, 0.3) is 44.3 Å². The van der Waals surface area contributed by atoms with Crippen LogP contribution < -0.4 is 0 Å². The molecule has 0 saturated carbocycles. The van der Waals surface area contributed by atoms with Crippen LogP contribution >= 0.6 is 15.9 Å². The van der Waals surface area contributed by atoms with Crippen molar-refractivity contribution in [3.63, 3.8) is 0 Å². The van der Waals surface area contributed by atoms with Crippen LogP contribution in [0.4, 0.5) is 0 Å². The Morgan fingerprint density at radius 1 is 0.262 bits per heavy atom. The van der Waals surface area contributed by atoms with Crippen molar-refractivity contribution in [1.29, 1.82) is 0 Å². The highest BCUT2D eigenvalue weighted by atomic mass is 79.9. The number of rotatable bonds is 39. The molecule has 0 fully saturated rings. The van der Waals surface area contributed by atoms with E-state index >= 15 is 0 Å². The molecule has 2 heterocycles. The number of nitrogens with zero attached hydrogens (tertiary/aromatic N) is 1. The number of aromatic nitrogens is 1. The van der Waals surface area contributed by atoms with Crippen LogP contribution in [0, 0.1) is 0 Å². The summed E-state index contributed by atoms with van der Waals surface area (Å²) in [4.78, 5) is 4.69. The molecule has 0 aliphatic carbocycles. The third kappa shape index (κ3) is 24.8. The van der Waals surface area contributed by atoms with Crippen LogP contribution in [0.2, 0.25) is 0 Å². The molecule has 3 aromatic carbocycles. The monoisotopic (exact) mass is 1250 g/mol. The van der Waals surface area contributed by atoms with E-state index in [1.165, 1.54) is 0 Å². The van der Waals surface area contributed by atoms with Crippen molar-refractivity contribution in [1.82, 2.24) is 4.98 Å². The van der Waals surface area contributed by atoms with Gasteiger partial charge in [-0.2, -0.15) is 0 Å². The number of halogens is 1. The number of pyridine rings is 1. The zero-order valence-electron chi connectivity index (χ0n) is 58.3. The molecule has 0 unspecified atom stereocenters. The zero-order valence-corrected chi connectivity index (χ0v) is 59.9. The van der Waals surface area contributed by atoms with Crippen LogP contribution in [0.15, 0.2) is 93.9 Å². The first-order chi connectivity index (χ1) is 47.8. The summed E-state index contributed by atoms with van der Waals surface area (Å²) in [5.41, 5.74) is 6.09. The SMILES string of the molecule is Brc1ccccc1-c1ccc(-c2ccc3oc4ccccc4c3c2)nc1.[B][B]B(B([B])[B])B(B(B([B])[B])B([B])[B])B(B(B(B([B])[B])B([B])[B])B(B([B])[B])B([B])[B])B(B(B(B([B])[B])B([B])[B])B(B([B])[B])B([B])[B])B(B(B(B([B])[B])B([B])[B])B(B([B])[B])B([B])[B])B(B(B([B])[B])B([B])[B])B(B([B])[B])B([B])[B]. The molecule has 2 nitrogen and oxygen atoms in total. The van der Waals surface area contributed by atoms with E-state index < -0.39 is 236 Å². The van der Waals surface area contributed by atoms with Gasteiger partial charge in [0, 0.05) is 578 Å². The fraction of sp³-hybridized carbons (Fsp3) is 0. The lowest BCUT2D eigenvalue weighted by atomic mass is 8.20. The minimum Gasteiger partial charge on any atom is -0.456 e. The molecule has 0 aliphatic rings. The first-order valence-electron chi connectivity index (χ1n) is 33.8. The highest BCUT2D eigenvalue weighted by molar-refractivity contribution is 9.10. The van der Waals surface area contributed by atoms with Crippen molar-refractivity contribution in [3.8, 4) is 22.4 Å². The molecule has 0 N–H and O–H groups in total. The van der Waals surface area contributed by atoms with Gasteiger partial charge in [0.15, 0.2) is 0 Å². The standard InChI is InChI=1S/C23H14BrNO.B77/c24-20-7-3-1-5-17(20)16-9-11-21(25-14-16)15-10-12-23-19(13-15)18-6-2-4-8-22(18)26-23;1-40-60(41(2)3)70(61(42(4)5)43(6)7)75(71(62(44(8)9)45(10)11)63(46(12)13)47(14)15)77(74(68(56(32)33)57(34)35)69(58(36)37)59(38)39)76(72(64(48(16)17)49(18)19)65(50(20)21)51(22)23)73(66(52(24)25)53(26)27)67(54(28)29)55(30)31/h1-14H;. The Morgan fingerprint density at radius 2 is 0.524 bits per heavy atom. The lowest BCUT2D eigenvalue weighted by Gasteiger charge is -2.61. The lowest BCUT2D eigenvalue weighted by Crippen LogP contribution is -2.99. The van der Waals surface area contributed by atoms with Crippen molar-refractivity contribution >= 4 is 583 Å². The topological polar surface area (TPSA) is 26.0 Å². The second kappa shape index (κ2) is 44.8. The average molecular weight is 1230 g/mol. The van der Waals surface area contributed by atoms with Crippen LogP contribution in [0.5, 0.6) is 0 Å². The third-order valence-corrected chi connectivity index (χ3v) is 21.5. The maximum Gasteiger partial charge on any atom is 0.135 e. The van der Waals surface area contributed by atoms with Crippen molar-refractivity contribution in [3.05, 3.63) is 89.5 Å². The summed E-state index contributed by atoms with van der Waals surface area (Å²) in [5, 5.41) is 2.25. The van der Waals surface area contributed by atoms with E-state index in [1.54, 1.807) is 0 Å². The van der Waals surface area contributed by atoms with Gasteiger partial charge < -0.3 is 4.42 Å². The van der Waals surface area contributed by atoms with Crippen molar-refractivity contribution < 1.29 is 4.42 Å². The molecule has 0 amide bonds. The molecule has 0 saturated heterocycles. The molecule has 0 bridgehead atoms. The van der Waals surface area contributed by atoms with Gasteiger partial charge in [0.05, 0.1) is 5.69 Å². The smallest absolute Gasteiger partial charge is 0.135 e. The lowest BCUT2D eigenvalue weighted by molar-refractivity contribution is 0.669. The second-order valence-electron chi connectivity index (χ2n) is 27.8. The van der Waals surface area contributed by atoms with Gasteiger partial charge in [-0.15, -0.1) is 0 Å². The summed E-state index contributed by atoms with van der Waals surface area (Å²) >= 11 is 3.60. The minimum atomic E-state index is -1.84. The molecular weight excluding hydrogens is 1220 g/mol. The highest BCUT2D eigenvalue weighted by Gasteiger charge is 2.65. The fourth-order valence-electron chi connectivity index (χ4n) is 16.9. The maximum absolute atomic E-state index is 6.88. The molecule has 0 aliphatic heterocycles. The van der Waals surface area contributed by atoms with Crippen molar-refractivity contribution in [2.24, 2.45) is 0 Å². The molecule has 0 spiro atoms. The Morgan fingerprint density at radius 3 is 0.806 bits per heavy atom. The van der Waals surface area contributed by atoms with Gasteiger partial charge in [0.2, 0.25) is 0 Å². The van der Waals surface area contributed by atoms with Gasteiger partial charge in [-0.05, 0) is 42.0 Å². The zero-order chi connectivity index (χ0) is 78.6. The Labute approximate surface area is 697 Å². The largest absolute Gasteiger partial charge is 0.456 e. The van der Waals surface area contributed by atoms with Gasteiger partial charge in [0.25, 0.3) is 0 Å². The Kier molecular flexibility index (Phi) is 42.4. The predicted octanol–water partition coefficient (Wildman–Crippen LogP) is -22.2. The van der Waals surface area contributed by atoms with E-state index in [-0.39, 0.29) is 0 Å². The number of para-hydroxylation sites is 1. The Hall–Kier alpha value is 2.09. The van der Waals surface area contributed by atoms with E-state index in [4.69, 9.17) is 306 Å². The molecule has 0 atom stereocenters. The first kappa shape index (κ1) is 97.5. The number of furan rings is 1. The minimum absolute atomic E-state index is 0.903. The van der Waals surface area contributed by atoms with Crippen LogP contribution in [-0.2, 0) is 0 Å². The predicted molar refractivity (Wildman–Crippen MR) is 553 cm³/mol. The second-order valence-corrected chi connectivity index (χ2v) is 28.6. The van der Waals surface area contributed by atoms with E-state index in [0.29, 0.717) is 0 Å². The van der Waals surface area contributed by atoms with Crippen molar-refractivity contribution in [2.45, 2.75) is 0 Å².